The van der Waals surface area contributed by atoms with Crippen molar-refractivity contribution < 1.29 is 28.5 Å². The van der Waals surface area contributed by atoms with E-state index in [0.717, 1.165) is 42.9 Å². The van der Waals surface area contributed by atoms with E-state index in [-0.39, 0.29) is 24.4 Å². The molecular weight excluding hydrogens is 434 g/mol. The van der Waals surface area contributed by atoms with Crippen molar-refractivity contribution in [2.75, 3.05) is 26.7 Å². The second-order valence-electron chi connectivity index (χ2n) is 8.37. The van der Waals surface area contributed by atoms with Crippen LogP contribution in [0.2, 0.25) is 5.02 Å². The Hall–Kier alpha value is -2.58. The summed E-state index contributed by atoms with van der Waals surface area (Å²) in [5.74, 6) is 2.05. The smallest absolute Gasteiger partial charge is 0.231 e. The molecule has 1 saturated heterocycles. The first-order valence-corrected chi connectivity index (χ1v) is 11.1. The lowest BCUT2D eigenvalue weighted by Crippen LogP contribution is -2.37. The minimum Gasteiger partial charge on any atom is -0.478 e. The maximum Gasteiger partial charge on any atom is 0.231 e. The molecule has 4 aliphatic rings. The van der Waals surface area contributed by atoms with Crippen LogP contribution in [0.1, 0.15) is 39.9 Å². The summed E-state index contributed by atoms with van der Waals surface area (Å²) in [5.41, 5.74) is 2.96. The lowest BCUT2D eigenvalue weighted by Gasteiger charge is -2.31. The third kappa shape index (κ3) is 3.55. The van der Waals surface area contributed by atoms with Crippen LogP contribution in [0.4, 0.5) is 0 Å². The maximum absolute atomic E-state index is 13.1. The highest BCUT2D eigenvalue weighted by atomic mass is 35.5. The molecular formula is C24H22ClNO6. The molecule has 2 aromatic rings. The quantitative estimate of drug-likeness (QED) is 0.644. The standard InChI is InChI=1S/C24H22ClNO6/c25-16-6-14(23-15(7-16)11-28-13-31-23)8-21-22(27)18-3-4-20-19(24(18)32-21)10-26(12-30-20)9-17-2-1-5-29-17/h3-4,6-8,17H,1-2,5,9-13H2/b21-8-. The molecule has 0 bridgehead atoms. The molecule has 4 aliphatic heterocycles. The molecule has 0 aliphatic carbocycles. The Morgan fingerprint density at radius 3 is 3.00 bits per heavy atom. The van der Waals surface area contributed by atoms with Crippen LogP contribution in [0.5, 0.6) is 17.2 Å². The lowest BCUT2D eigenvalue weighted by atomic mass is 10.0. The Morgan fingerprint density at radius 1 is 1.19 bits per heavy atom. The van der Waals surface area contributed by atoms with Crippen LogP contribution < -0.4 is 14.2 Å². The predicted molar refractivity (Wildman–Crippen MR) is 116 cm³/mol. The van der Waals surface area contributed by atoms with Gasteiger partial charge < -0.3 is 23.7 Å². The van der Waals surface area contributed by atoms with E-state index in [2.05, 4.69) is 4.90 Å². The minimum atomic E-state index is -0.167. The topological polar surface area (TPSA) is 66.5 Å². The van der Waals surface area contributed by atoms with E-state index in [1.54, 1.807) is 24.3 Å². The fourth-order valence-electron chi connectivity index (χ4n) is 4.65. The van der Waals surface area contributed by atoms with Crippen LogP contribution >= 0.6 is 11.6 Å². The number of halogens is 1. The van der Waals surface area contributed by atoms with Gasteiger partial charge in [0, 0.05) is 35.8 Å². The number of hydrogen-bond acceptors (Lipinski definition) is 7. The van der Waals surface area contributed by atoms with E-state index in [0.29, 0.717) is 47.5 Å². The van der Waals surface area contributed by atoms with Crippen molar-refractivity contribution in [2.45, 2.75) is 32.1 Å². The number of ketones is 1. The first-order valence-electron chi connectivity index (χ1n) is 10.8. The van der Waals surface area contributed by atoms with Gasteiger partial charge in [-0.15, -0.1) is 0 Å². The number of rotatable bonds is 3. The van der Waals surface area contributed by atoms with Crippen molar-refractivity contribution >= 4 is 23.5 Å². The molecule has 32 heavy (non-hydrogen) atoms. The number of ether oxygens (including phenoxy) is 5. The van der Waals surface area contributed by atoms with Gasteiger partial charge in [0.1, 0.15) is 24.0 Å². The van der Waals surface area contributed by atoms with Crippen LogP contribution in [0.25, 0.3) is 6.08 Å². The third-order valence-electron chi connectivity index (χ3n) is 6.16. The first kappa shape index (κ1) is 20.1. The van der Waals surface area contributed by atoms with Crippen molar-refractivity contribution in [3.8, 4) is 17.2 Å². The average molecular weight is 456 g/mol. The van der Waals surface area contributed by atoms with Gasteiger partial charge in [-0.05, 0) is 43.2 Å². The average Bonchev–Trinajstić information content (AvgIpc) is 3.42. The Balaban J connectivity index is 1.31. The van der Waals surface area contributed by atoms with Gasteiger partial charge in [0.15, 0.2) is 12.6 Å². The van der Waals surface area contributed by atoms with Crippen molar-refractivity contribution in [1.82, 2.24) is 4.90 Å². The van der Waals surface area contributed by atoms with Crippen LogP contribution in [0.15, 0.2) is 30.0 Å². The summed E-state index contributed by atoms with van der Waals surface area (Å²) in [6, 6.07) is 7.19. The van der Waals surface area contributed by atoms with E-state index < -0.39 is 0 Å². The zero-order valence-electron chi connectivity index (χ0n) is 17.4. The van der Waals surface area contributed by atoms with Crippen molar-refractivity contribution in [3.63, 3.8) is 0 Å². The monoisotopic (exact) mass is 455 g/mol. The molecule has 0 aromatic heterocycles. The van der Waals surface area contributed by atoms with E-state index in [1.807, 2.05) is 6.07 Å². The number of Topliss-reactive ketones (excluding diaryl/α,β-unsaturated/α-hetero) is 1. The fraction of sp³-hybridized carbons (Fsp3) is 0.375. The number of carbonyl (C=O) groups is 1. The molecule has 8 heteroatoms. The first-order chi connectivity index (χ1) is 15.7. The van der Waals surface area contributed by atoms with Gasteiger partial charge in [0.2, 0.25) is 5.78 Å². The zero-order valence-corrected chi connectivity index (χ0v) is 18.2. The summed E-state index contributed by atoms with van der Waals surface area (Å²) in [4.78, 5) is 15.3. The number of fused-ring (bicyclic) bond motifs is 4. The molecule has 0 radical (unpaired) electrons. The van der Waals surface area contributed by atoms with Crippen LogP contribution in [-0.4, -0.2) is 43.5 Å². The third-order valence-corrected chi connectivity index (χ3v) is 6.38. The van der Waals surface area contributed by atoms with E-state index in [9.17, 15) is 4.79 Å². The number of nitrogens with zero attached hydrogens (tertiary/aromatic N) is 1. The van der Waals surface area contributed by atoms with Gasteiger partial charge in [-0.1, -0.05) is 11.6 Å². The molecule has 0 saturated carbocycles. The van der Waals surface area contributed by atoms with Crippen molar-refractivity contribution in [2.24, 2.45) is 0 Å². The van der Waals surface area contributed by atoms with Gasteiger partial charge in [-0.25, -0.2) is 0 Å². The zero-order chi connectivity index (χ0) is 21.7. The normalized spacial score (nSPS) is 23.2. The van der Waals surface area contributed by atoms with Gasteiger partial charge in [0.25, 0.3) is 0 Å². The van der Waals surface area contributed by atoms with Crippen LogP contribution in [0, 0.1) is 0 Å². The Morgan fingerprint density at radius 2 is 2.12 bits per heavy atom. The number of hydrogen-bond donors (Lipinski definition) is 0. The summed E-state index contributed by atoms with van der Waals surface area (Å²) >= 11 is 6.28. The molecule has 4 heterocycles. The Kier molecular flexibility index (Phi) is 5.07. The lowest BCUT2D eigenvalue weighted by molar-refractivity contribution is -0.0165. The molecule has 1 atom stereocenters. The van der Waals surface area contributed by atoms with E-state index in [1.165, 1.54) is 0 Å². The molecule has 1 unspecified atom stereocenters. The number of benzene rings is 2. The molecule has 2 aromatic carbocycles. The molecule has 0 N–H and O–H groups in total. The van der Waals surface area contributed by atoms with Gasteiger partial charge in [-0.2, -0.15) is 0 Å². The molecule has 7 nitrogen and oxygen atoms in total. The van der Waals surface area contributed by atoms with Gasteiger partial charge >= 0.3 is 0 Å². The molecule has 0 spiro atoms. The van der Waals surface area contributed by atoms with Crippen LogP contribution in [-0.2, 0) is 22.6 Å². The fourth-order valence-corrected chi connectivity index (χ4v) is 4.90. The predicted octanol–water partition coefficient (Wildman–Crippen LogP) is 4.15. The number of allylic oxidation sites excluding steroid dienone is 1. The van der Waals surface area contributed by atoms with Crippen molar-refractivity contribution in [3.05, 3.63) is 57.3 Å². The second kappa shape index (κ2) is 8.08. The van der Waals surface area contributed by atoms with Crippen LogP contribution in [0.3, 0.4) is 0 Å². The highest BCUT2D eigenvalue weighted by molar-refractivity contribution is 6.31. The Labute approximate surface area is 190 Å². The summed E-state index contributed by atoms with van der Waals surface area (Å²) in [6.07, 6.45) is 4.08. The van der Waals surface area contributed by atoms with Gasteiger partial charge in [-0.3, -0.25) is 9.69 Å². The summed E-state index contributed by atoms with van der Waals surface area (Å²) in [5, 5.41) is 0.545. The number of carbonyl (C=O) groups excluding carboxylic acids is 1. The largest absolute Gasteiger partial charge is 0.478 e. The van der Waals surface area contributed by atoms with E-state index >= 15 is 0 Å². The van der Waals surface area contributed by atoms with E-state index in [4.69, 9.17) is 35.3 Å². The summed E-state index contributed by atoms with van der Waals surface area (Å²) in [7, 11) is 0. The highest BCUT2D eigenvalue weighted by Gasteiger charge is 2.34. The SMILES string of the molecule is O=C1/C(=C/c2cc(Cl)cc3c2OCOC3)Oc2c1ccc1c2CN(CC2CCCO2)CO1. The van der Waals surface area contributed by atoms with Gasteiger partial charge in [0.05, 0.1) is 23.8 Å². The van der Waals surface area contributed by atoms with Crippen molar-refractivity contribution in [1.29, 1.82) is 0 Å². The minimum absolute atomic E-state index is 0.158. The Bertz CT molecular complexity index is 1120. The highest BCUT2D eigenvalue weighted by Crippen LogP contribution is 2.43. The summed E-state index contributed by atoms with van der Waals surface area (Å²) < 4.78 is 28.9. The second-order valence-corrected chi connectivity index (χ2v) is 8.81. The molecule has 0 amide bonds. The maximum atomic E-state index is 13.1. The summed E-state index contributed by atoms with van der Waals surface area (Å²) in [6.45, 7) is 3.33. The molecule has 166 valence electrons. The molecule has 1 fully saturated rings. The molecule has 6 rings (SSSR count).